The van der Waals surface area contributed by atoms with E-state index in [0.717, 1.165) is 22.8 Å². The smallest absolute Gasteiger partial charge is 0.183 e. The largest absolute Gasteiger partial charge is 0.485 e. The minimum absolute atomic E-state index is 0.301. The van der Waals surface area contributed by atoms with Crippen LogP contribution in [0.2, 0.25) is 0 Å². The number of aromatic nitrogens is 1. The molecule has 0 saturated carbocycles. The lowest BCUT2D eigenvalue weighted by Gasteiger charge is -2.33. The fraction of sp³-hybridized carbons (Fsp3) is 0.545. The van der Waals surface area contributed by atoms with Crippen LogP contribution in [0.15, 0.2) is 6.20 Å². The van der Waals surface area contributed by atoms with Crippen molar-refractivity contribution in [3.8, 4) is 11.5 Å². The van der Waals surface area contributed by atoms with Crippen LogP contribution in [0.4, 0.5) is 0 Å². The Morgan fingerprint density at radius 1 is 1.47 bits per heavy atom. The first-order valence-corrected chi connectivity index (χ1v) is 5.43. The van der Waals surface area contributed by atoms with Crippen molar-refractivity contribution in [2.45, 2.75) is 32.3 Å². The zero-order valence-electron chi connectivity index (χ0n) is 9.13. The van der Waals surface area contributed by atoms with Crippen LogP contribution in [0.3, 0.4) is 0 Å². The molecule has 15 heavy (non-hydrogen) atoms. The summed E-state index contributed by atoms with van der Waals surface area (Å²) in [5, 5.41) is 0. The second-order valence-corrected chi connectivity index (χ2v) is 4.58. The van der Waals surface area contributed by atoms with Crippen LogP contribution in [0.1, 0.15) is 25.1 Å². The lowest BCUT2D eigenvalue weighted by atomic mass is 10.1. The molecule has 0 aromatic carbocycles. The summed E-state index contributed by atoms with van der Waals surface area (Å²) in [4.78, 5) is 4.24. The van der Waals surface area contributed by atoms with Crippen molar-refractivity contribution in [2.75, 3.05) is 6.61 Å². The van der Waals surface area contributed by atoms with E-state index < -0.39 is 0 Å². The third-order valence-corrected chi connectivity index (χ3v) is 2.61. The molecule has 1 aliphatic heterocycles. The van der Waals surface area contributed by atoms with Gasteiger partial charge in [-0.15, -0.1) is 11.6 Å². The molecular formula is C11H14ClNO2. The molecule has 4 heteroatoms. The highest BCUT2D eigenvalue weighted by Gasteiger charge is 2.31. The number of fused-ring (bicyclic) bond motifs is 1. The van der Waals surface area contributed by atoms with E-state index >= 15 is 0 Å². The third kappa shape index (κ3) is 1.88. The van der Waals surface area contributed by atoms with Gasteiger partial charge in [-0.3, -0.25) is 4.98 Å². The van der Waals surface area contributed by atoms with E-state index in [2.05, 4.69) is 4.98 Å². The molecule has 0 spiro atoms. The first-order chi connectivity index (χ1) is 7.03. The average molecular weight is 228 g/mol. The van der Waals surface area contributed by atoms with Crippen molar-refractivity contribution in [1.82, 2.24) is 4.98 Å². The van der Waals surface area contributed by atoms with E-state index in [-0.39, 0.29) is 5.60 Å². The van der Waals surface area contributed by atoms with Crippen molar-refractivity contribution < 1.29 is 9.47 Å². The Labute approximate surface area is 94.4 Å². The molecule has 3 nitrogen and oxygen atoms in total. The highest BCUT2D eigenvalue weighted by molar-refractivity contribution is 6.17. The van der Waals surface area contributed by atoms with Crippen molar-refractivity contribution in [1.29, 1.82) is 0 Å². The molecule has 1 aliphatic rings. The molecule has 1 aromatic rings. The van der Waals surface area contributed by atoms with Gasteiger partial charge in [-0.2, -0.15) is 0 Å². The van der Waals surface area contributed by atoms with Crippen LogP contribution in [-0.4, -0.2) is 17.2 Å². The Kier molecular flexibility index (Phi) is 2.51. The van der Waals surface area contributed by atoms with Crippen molar-refractivity contribution in [3.63, 3.8) is 0 Å². The summed E-state index contributed by atoms with van der Waals surface area (Å²) in [7, 11) is 0. The van der Waals surface area contributed by atoms with Crippen molar-refractivity contribution >= 4 is 11.6 Å². The van der Waals surface area contributed by atoms with E-state index in [1.807, 2.05) is 20.8 Å². The van der Waals surface area contributed by atoms with Crippen molar-refractivity contribution in [3.05, 3.63) is 17.5 Å². The normalized spacial score (nSPS) is 17.6. The van der Waals surface area contributed by atoms with E-state index in [1.165, 1.54) is 0 Å². The summed E-state index contributed by atoms with van der Waals surface area (Å²) in [5.41, 5.74) is 1.42. The molecule has 0 saturated heterocycles. The Morgan fingerprint density at radius 3 is 2.87 bits per heavy atom. The van der Waals surface area contributed by atoms with Crippen LogP contribution in [0.25, 0.3) is 0 Å². The quantitative estimate of drug-likeness (QED) is 0.692. The Balaban J connectivity index is 2.50. The molecule has 2 heterocycles. The van der Waals surface area contributed by atoms with Gasteiger partial charge in [0.15, 0.2) is 11.5 Å². The first kappa shape index (κ1) is 10.6. The Hall–Kier alpha value is -0.960. The monoisotopic (exact) mass is 227 g/mol. The van der Waals surface area contributed by atoms with E-state index in [4.69, 9.17) is 21.1 Å². The van der Waals surface area contributed by atoms with Crippen molar-refractivity contribution in [2.24, 2.45) is 0 Å². The van der Waals surface area contributed by atoms with E-state index in [1.54, 1.807) is 6.20 Å². The Bertz CT molecular complexity index is 390. The maximum absolute atomic E-state index is 5.85. The van der Waals surface area contributed by atoms with Gasteiger partial charge in [0, 0.05) is 11.8 Å². The van der Waals surface area contributed by atoms with Gasteiger partial charge >= 0.3 is 0 Å². The van der Waals surface area contributed by atoms with Gasteiger partial charge in [0.1, 0.15) is 12.2 Å². The summed E-state index contributed by atoms with van der Waals surface area (Å²) in [5.74, 6) is 1.86. The summed E-state index contributed by atoms with van der Waals surface area (Å²) in [6.45, 7) is 6.42. The Morgan fingerprint density at radius 2 is 2.20 bits per heavy atom. The van der Waals surface area contributed by atoms with Gasteiger partial charge in [0.05, 0.1) is 11.6 Å². The van der Waals surface area contributed by atoms with Crippen LogP contribution in [-0.2, 0) is 5.88 Å². The average Bonchev–Trinajstić information content (AvgIpc) is 2.18. The number of rotatable bonds is 1. The molecular weight excluding hydrogens is 214 g/mol. The molecule has 0 N–H and O–H groups in total. The highest BCUT2D eigenvalue weighted by Crippen LogP contribution is 2.40. The van der Waals surface area contributed by atoms with E-state index in [0.29, 0.717) is 12.5 Å². The number of halogens is 1. The number of hydrogen-bond acceptors (Lipinski definition) is 3. The zero-order chi connectivity index (χ0) is 11.1. The predicted molar refractivity (Wildman–Crippen MR) is 58.7 cm³/mol. The van der Waals surface area contributed by atoms with E-state index in [9.17, 15) is 0 Å². The number of alkyl halides is 1. The fourth-order valence-electron chi connectivity index (χ4n) is 1.53. The minimum Gasteiger partial charge on any atom is -0.485 e. The number of nitrogens with zero attached hydrogens (tertiary/aromatic N) is 1. The highest BCUT2D eigenvalue weighted by atomic mass is 35.5. The molecule has 0 radical (unpaired) electrons. The standard InChI is InChI=1S/C11H14ClNO2/c1-7-9-10(8(4-12)5-13-7)14-6-11(2,3)15-9/h5H,4,6H2,1-3H3. The molecule has 0 fully saturated rings. The van der Waals surface area contributed by atoms with Crippen LogP contribution in [0, 0.1) is 6.92 Å². The maximum Gasteiger partial charge on any atom is 0.183 e. The first-order valence-electron chi connectivity index (χ1n) is 4.90. The second kappa shape index (κ2) is 3.56. The van der Waals surface area contributed by atoms with Gasteiger partial charge in [-0.25, -0.2) is 0 Å². The summed E-state index contributed by atoms with van der Waals surface area (Å²) in [6.07, 6.45) is 1.74. The molecule has 0 amide bonds. The van der Waals surface area contributed by atoms with Gasteiger partial charge in [0.25, 0.3) is 0 Å². The maximum atomic E-state index is 5.85. The van der Waals surface area contributed by atoms with Crippen LogP contribution >= 0.6 is 11.6 Å². The summed E-state index contributed by atoms with van der Waals surface area (Å²) >= 11 is 5.81. The molecule has 0 unspecified atom stereocenters. The summed E-state index contributed by atoms with van der Waals surface area (Å²) in [6, 6.07) is 0. The van der Waals surface area contributed by atoms with Gasteiger partial charge in [-0.1, -0.05) is 0 Å². The van der Waals surface area contributed by atoms with Crippen LogP contribution < -0.4 is 9.47 Å². The molecule has 1 aromatic heterocycles. The number of hydrogen-bond donors (Lipinski definition) is 0. The van der Waals surface area contributed by atoms with Gasteiger partial charge < -0.3 is 9.47 Å². The number of ether oxygens (including phenoxy) is 2. The number of aryl methyl sites for hydroxylation is 1. The number of pyridine rings is 1. The lowest BCUT2D eigenvalue weighted by Crippen LogP contribution is -2.39. The third-order valence-electron chi connectivity index (χ3n) is 2.33. The topological polar surface area (TPSA) is 31.4 Å². The predicted octanol–water partition coefficient (Wildman–Crippen LogP) is 2.68. The molecule has 2 rings (SSSR count). The second-order valence-electron chi connectivity index (χ2n) is 4.31. The zero-order valence-corrected chi connectivity index (χ0v) is 9.89. The van der Waals surface area contributed by atoms with Gasteiger partial charge in [-0.05, 0) is 20.8 Å². The minimum atomic E-state index is -0.301. The van der Waals surface area contributed by atoms with Crippen LogP contribution in [0.5, 0.6) is 11.5 Å². The molecule has 82 valence electrons. The fourth-order valence-corrected chi connectivity index (χ4v) is 1.72. The molecule has 0 aliphatic carbocycles. The van der Waals surface area contributed by atoms with Gasteiger partial charge in [0.2, 0.25) is 0 Å². The lowest BCUT2D eigenvalue weighted by molar-refractivity contribution is 0.0194. The molecule has 0 atom stereocenters. The SMILES string of the molecule is Cc1ncc(CCl)c2c1OC(C)(C)CO2. The molecule has 0 bridgehead atoms. The summed E-state index contributed by atoms with van der Waals surface area (Å²) < 4.78 is 11.5.